The Labute approximate surface area is 206 Å². The Morgan fingerprint density at radius 3 is 2.56 bits per heavy atom. The minimum atomic E-state index is -0.0107. The number of nitrogens with one attached hydrogen (secondary N) is 3. The molecule has 1 amide bonds. The number of carbonyl (C=O) groups is 1. The predicted molar refractivity (Wildman–Crippen MR) is 141 cm³/mol. The molecule has 0 spiro atoms. The number of anilines is 1. The van der Waals surface area contributed by atoms with Crippen molar-refractivity contribution < 1.29 is 4.79 Å². The van der Waals surface area contributed by atoms with Crippen LogP contribution < -0.4 is 5.32 Å². The molecule has 0 fully saturated rings. The van der Waals surface area contributed by atoms with Crippen LogP contribution in [0.25, 0.3) is 55.6 Å². The SMILES string of the molecule is CCCC(=O)Nc1cncc(-c2ccc3[nH]nc(-c4cc5c(-c6ccncc6)nccc5[nH]4)c3c2)c1. The van der Waals surface area contributed by atoms with E-state index in [0.29, 0.717) is 12.1 Å². The Balaban J connectivity index is 1.40. The number of rotatable bonds is 6. The molecule has 36 heavy (non-hydrogen) atoms. The first-order valence-electron chi connectivity index (χ1n) is 11.8. The van der Waals surface area contributed by atoms with Gasteiger partial charge in [0.25, 0.3) is 0 Å². The van der Waals surface area contributed by atoms with E-state index in [9.17, 15) is 4.79 Å². The van der Waals surface area contributed by atoms with Crippen molar-refractivity contribution in [1.82, 2.24) is 30.1 Å². The van der Waals surface area contributed by atoms with Gasteiger partial charge in [-0.1, -0.05) is 13.0 Å². The summed E-state index contributed by atoms with van der Waals surface area (Å²) in [6.45, 7) is 1.98. The van der Waals surface area contributed by atoms with Crippen molar-refractivity contribution in [1.29, 1.82) is 0 Å². The lowest BCUT2D eigenvalue weighted by molar-refractivity contribution is -0.116. The summed E-state index contributed by atoms with van der Waals surface area (Å²) in [6, 6.07) is 16.0. The second-order valence-corrected chi connectivity index (χ2v) is 8.63. The van der Waals surface area contributed by atoms with Gasteiger partial charge in [-0.15, -0.1) is 0 Å². The third-order valence-corrected chi connectivity index (χ3v) is 6.15. The normalized spacial score (nSPS) is 11.2. The number of nitrogens with zero attached hydrogens (tertiary/aromatic N) is 4. The van der Waals surface area contributed by atoms with Crippen LogP contribution in [0.2, 0.25) is 0 Å². The standard InChI is InChI=1S/C28H23N7O/c1-2-3-26(36)32-20-12-19(15-30-16-20)18-4-5-24-21(13-18)28(35-34-24)25-14-22-23(33-25)8-11-31-27(22)17-6-9-29-10-7-17/h4-16,33H,2-3H2,1H3,(H,32,36)(H,34,35). The molecule has 0 aliphatic heterocycles. The fraction of sp³-hybridized carbons (Fsp3) is 0.107. The van der Waals surface area contributed by atoms with E-state index < -0.39 is 0 Å². The maximum absolute atomic E-state index is 12.0. The Morgan fingerprint density at radius 1 is 0.833 bits per heavy atom. The molecule has 8 nitrogen and oxygen atoms in total. The Morgan fingerprint density at radius 2 is 1.69 bits per heavy atom. The fourth-order valence-corrected chi connectivity index (χ4v) is 4.44. The average molecular weight is 474 g/mol. The van der Waals surface area contributed by atoms with Crippen LogP contribution in [0.1, 0.15) is 19.8 Å². The number of hydrogen-bond acceptors (Lipinski definition) is 5. The third kappa shape index (κ3) is 3.98. The summed E-state index contributed by atoms with van der Waals surface area (Å²) in [5.74, 6) is -0.0107. The van der Waals surface area contributed by atoms with Crippen molar-refractivity contribution in [3.63, 3.8) is 0 Å². The van der Waals surface area contributed by atoms with Crippen LogP contribution in [0, 0.1) is 0 Å². The second kappa shape index (κ2) is 9.07. The van der Waals surface area contributed by atoms with Gasteiger partial charge in [0.1, 0.15) is 5.69 Å². The number of fused-ring (bicyclic) bond motifs is 2. The molecule has 3 N–H and O–H groups in total. The van der Waals surface area contributed by atoms with E-state index in [-0.39, 0.29) is 5.91 Å². The first-order valence-corrected chi connectivity index (χ1v) is 11.8. The highest BCUT2D eigenvalue weighted by Crippen LogP contribution is 2.34. The van der Waals surface area contributed by atoms with Gasteiger partial charge in [-0.3, -0.25) is 24.8 Å². The van der Waals surface area contributed by atoms with E-state index in [1.807, 2.05) is 43.3 Å². The van der Waals surface area contributed by atoms with Crippen molar-refractivity contribution in [2.45, 2.75) is 19.8 Å². The highest BCUT2D eigenvalue weighted by atomic mass is 16.1. The van der Waals surface area contributed by atoms with Gasteiger partial charge >= 0.3 is 0 Å². The average Bonchev–Trinajstić information content (AvgIpc) is 3.53. The molecule has 0 aliphatic rings. The molecular weight excluding hydrogens is 450 g/mol. The molecule has 5 aromatic heterocycles. The molecule has 8 heteroatoms. The quantitative estimate of drug-likeness (QED) is 0.276. The molecule has 0 radical (unpaired) electrons. The second-order valence-electron chi connectivity index (χ2n) is 8.63. The van der Waals surface area contributed by atoms with E-state index in [2.05, 4.69) is 47.6 Å². The molecule has 0 bridgehead atoms. The highest BCUT2D eigenvalue weighted by Gasteiger charge is 2.15. The molecule has 0 aliphatic carbocycles. The van der Waals surface area contributed by atoms with E-state index in [0.717, 1.165) is 62.0 Å². The summed E-state index contributed by atoms with van der Waals surface area (Å²) in [4.78, 5) is 28.6. The van der Waals surface area contributed by atoms with Crippen molar-refractivity contribution in [2.24, 2.45) is 0 Å². The van der Waals surface area contributed by atoms with Crippen LogP contribution in [0.5, 0.6) is 0 Å². The van der Waals surface area contributed by atoms with Gasteiger partial charge in [0.2, 0.25) is 5.91 Å². The maximum Gasteiger partial charge on any atom is 0.224 e. The minimum absolute atomic E-state index is 0.0107. The summed E-state index contributed by atoms with van der Waals surface area (Å²) in [5, 5.41) is 12.7. The molecule has 5 heterocycles. The van der Waals surface area contributed by atoms with Gasteiger partial charge in [-0.2, -0.15) is 5.10 Å². The number of amides is 1. The summed E-state index contributed by atoms with van der Waals surface area (Å²) < 4.78 is 0. The topological polar surface area (TPSA) is 112 Å². The van der Waals surface area contributed by atoms with E-state index in [1.54, 1.807) is 31.0 Å². The van der Waals surface area contributed by atoms with Crippen molar-refractivity contribution in [3.05, 3.63) is 79.5 Å². The molecule has 6 rings (SSSR count). The number of aromatic amines is 2. The van der Waals surface area contributed by atoms with Gasteiger partial charge in [0.15, 0.2) is 0 Å². The van der Waals surface area contributed by atoms with Crippen LogP contribution in [0.15, 0.2) is 79.5 Å². The van der Waals surface area contributed by atoms with E-state index in [4.69, 9.17) is 0 Å². The van der Waals surface area contributed by atoms with Gasteiger partial charge in [0, 0.05) is 58.6 Å². The predicted octanol–water partition coefficient (Wildman–Crippen LogP) is 5.97. The van der Waals surface area contributed by atoms with Crippen LogP contribution in [0.3, 0.4) is 0 Å². The number of H-pyrrole nitrogens is 2. The lowest BCUT2D eigenvalue weighted by Crippen LogP contribution is -2.10. The lowest BCUT2D eigenvalue weighted by atomic mass is 10.0. The molecule has 6 aromatic rings. The molecule has 0 unspecified atom stereocenters. The fourth-order valence-electron chi connectivity index (χ4n) is 4.44. The monoisotopic (exact) mass is 473 g/mol. The van der Waals surface area contributed by atoms with Gasteiger partial charge in [-0.25, -0.2) is 0 Å². The number of carbonyl (C=O) groups excluding carboxylic acids is 1. The summed E-state index contributed by atoms with van der Waals surface area (Å²) >= 11 is 0. The molecule has 0 saturated carbocycles. The van der Waals surface area contributed by atoms with Crippen LogP contribution in [-0.2, 0) is 4.79 Å². The van der Waals surface area contributed by atoms with Crippen LogP contribution >= 0.6 is 0 Å². The Bertz CT molecular complexity index is 1700. The van der Waals surface area contributed by atoms with Crippen molar-refractivity contribution in [2.75, 3.05) is 5.32 Å². The van der Waals surface area contributed by atoms with Crippen molar-refractivity contribution >= 4 is 33.4 Å². The lowest BCUT2D eigenvalue weighted by Gasteiger charge is -2.07. The Kier molecular flexibility index (Phi) is 5.46. The zero-order valence-corrected chi connectivity index (χ0v) is 19.6. The number of hydrogen-bond donors (Lipinski definition) is 3. The van der Waals surface area contributed by atoms with E-state index in [1.165, 1.54) is 0 Å². The summed E-state index contributed by atoms with van der Waals surface area (Å²) in [6.07, 6.45) is 10.1. The number of pyridine rings is 3. The first kappa shape index (κ1) is 21.7. The van der Waals surface area contributed by atoms with Gasteiger partial charge in [-0.05, 0) is 54.4 Å². The van der Waals surface area contributed by atoms with Crippen LogP contribution in [-0.4, -0.2) is 36.0 Å². The molecule has 1 aromatic carbocycles. The zero-order chi connectivity index (χ0) is 24.5. The minimum Gasteiger partial charge on any atom is -0.353 e. The van der Waals surface area contributed by atoms with Crippen molar-refractivity contribution in [3.8, 4) is 33.8 Å². The Hall–Kier alpha value is -4.85. The highest BCUT2D eigenvalue weighted by molar-refractivity contribution is 6.01. The molecule has 0 atom stereocenters. The van der Waals surface area contributed by atoms with E-state index >= 15 is 0 Å². The number of benzene rings is 1. The molecule has 176 valence electrons. The summed E-state index contributed by atoms with van der Waals surface area (Å²) in [5.41, 5.74) is 8.13. The van der Waals surface area contributed by atoms with Crippen LogP contribution in [0.4, 0.5) is 5.69 Å². The molecular formula is C28H23N7O. The smallest absolute Gasteiger partial charge is 0.224 e. The van der Waals surface area contributed by atoms with Gasteiger partial charge in [0.05, 0.1) is 28.8 Å². The number of aromatic nitrogens is 6. The largest absolute Gasteiger partial charge is 0.353 e. The molecule has 0 saturated heterocycles. The third-order valence-electron chi connectivity index (χ3n) is 6.15. The zero-order valence-electron chi connectivity index (χ0n) is 19.6. The maximum atomic E-state index is 12.0. The summed E-state index contributed by atoms with van der Waals surface area (Å²) in [7, 11) is 0. The first-order chi connectivity index (χ1) is 17.7. The van der Waals surface area contributed by atoms with Gasteiger partial charge < -0.3 is 10.3 Å².